The van der Waals surface area contributed by atoms with E-state index in [9.17, 15) is 4.79 Å². The number of rotatable bonds is 1. The molecule has 0 amide bonds. The van der Waals surface area contributed by atoms with Crippen molar-refractivity contribution in [1.82, 2.24) is 0 Å². The van der Waals surface area contributed by atoms with Crippen LogP contribution in [0.1, 0.15) is 6.92 Å². The van der Waals surface area contributed by atoms with Gasteiger partial charge in [0, 0.05) is 0 Å². The first-order valence-electron chi connectivity index (χ1n) is 1.32. The maximum atomic E-state index is 9.68. The second-order valence-corrected chi connectivity index (χ2v) is 1.10. The SMILES string of the molecule is CC(=O)CCl.[NaH]. The predicted octanol–water partition coefficient (Wildman–Crippen LogP) is 0.166. The van der Waals surface area contributed by atoms with Gasteiger partial charge >= 0.3 is 29.6 Å². The molecule has 0 aliphatic carbocycles. The fourth-order valence-corrected chi connectivity index (χ4v) is 0. The van der Waals surface area contributed by atoms with E-state index in [0.29, 0.717) is 0 Å². The standard InChI is InChI=1S/C3H5ClO.Na.H/c1-3(5)2-4;;/h2H2,1H3;;. The summed E-state index contributed by atoms with van der Waals surface area (Å²) in [6.07, 6.45) is 0. The van der Waals surface area contributed by atoms with Gasteiger partial charge in [0.15, 0.2) is 0 Å². The molecule has 0 fully saturated rings. The van der Waals surface area contributed by atoms with Crippen LogP contribution < -0.4 is 0 Å². The summed E-state index contributed by atoms with van der Waals surface area (Å²) in [6, 6.07) is 0. The van der Waals surface area contributed by atoms with Crippen LogP contribution in [-0.2, 0) is 4.79 Å². The van der Waals surface area contributed by atoms with Gasteiger partial charge in [-0.1, -0.05) is 0 Å². The van der Waals surface area contributed by atoms with Gasteiger partial charge < -0.3 is 0 Å². The second-order valence-electron chi connectivity index (χ2n) is 0.836. The van der Waals surface area contributed by atoms with Crippen LogP contribution in [0.25, 0.3) is 0 Å². The molecule has 0 saturated carbocycles. The summed E-state index contributed by atoms with van der Waals surface area (Å²) in [7, 11) is 0. The molecule has 0 unspecified atom stereocenters. The van der Waals surface area contributed by atoms with Gasteiger partial charge in [-0.05, 0) is 6.92 Å². The second kappa shape index (κ2) is 5.96. The number of halogens is 1. The van der Waals surface area contributed by atoms with Gasteiger partial charge in [0.25, 0.3) is 0 Å². The zero-order valence-corrected chi connectivity index (χ0v) is 3.75. The predicted molar refractivity (Wildman–Crippen MR) is 28.5 cm³/mol. The van der Waals surface area contributed by atoms with Crippen LogP contribution in [0.15, 0.2) is 0 Å². The van der Waals surface area contributed by atoms with Gasteiger partial charge in [0.05, 0.1) is 5.88 Å². The minimum atomic E-state index is 0. The number of hydrogen-bond donors (Lipinski definition) is 0. The minimum absolute atomic E-state index is 0. The zero-order valence-electron chi connectivity index (χ0n) is 2.99. The van der Waals surface area contributed by atoms with Crippen molar-refractivity contribution in [1.29, 1.82) is 0 Å². The number of alkyl halides is 1. The Hall–Kier alpha value is 0.960. The van der Waals surface area contributed by atoms with E-state index in [1.165, 1.54) is 6.92 Å². The molecule has 0 heterocycles. The van der Waals surface area contributed by atoms with Gasteiger partial charge in [-0.25, -0.2) is 0 Å². The topological polar surface area (TPSA) is 17.1 Å². The number of hydrogen-bond acceptors (Lipinski definition) is 1. The number of carbonyl (C=O) groups is 1. The van der Waals surface area contributed by atoms with Crippen LogP contribution in [0.5, 0.6) is 0 Å². The summed E-state index contributed by atoms with van der Waals surface area (Å²) in [6.45, 7) is 1.45. The van der Waals surface area contributed by atoms with Crippen molar-refractivity contribution in [2.45, 2.75) is 6.92 Å². The van der Waals surface area contributed by atoms with E-state index < -0.39 is 0 Å². The Morgan fingerprint density at radius 2 is 2.00 bits per heavy atom. The molecule has 0 rings (SSSR count). The molecule has 0 radical (unpaired) electrons. The Morgan fingerprint density at radius 3 is 2.00 bits per heavy atom. The zero-order chi connectivity index (χ0) is 4.28. The average Bonchev–Trinajstić information content (AvgIpc) is 1.38. The molecular weight excluding hydrogens is 110 g/mol. The van der Waals surface area contributed by atoms with Gasteiger partial charge in [0.2, 0.25) is 0 Å². The van der Waals surface area contributed by atoms with Crippen LogP contribution in [0, 0.1) is 0 Å². The van der Waals surface area contributed by atoms with Crippen LogP contribution in [-0.4, -0.2) is 41.2 Å². The van der Waals surface area contributed by atoms with Gasteiger partial charge in [0.1, 0.15) is 5.78 Å². The Bertz CT molecular complexity index is 46.1. The summed E-state index contributed by atoms with van der Waals surface area (Å²) in [5.41, 5.74) is 0. The van der Waals surface area contributed by atoms with Crippen molar-refractivity contribution in [2.75, 3.05) is 5.88 Å². The van der Waals surface area contributed by atoms with E-state index in [-0.39, 0.29) is 41.2 Å². The molecule has 6 heavy (non-hydrogen) atoms. The Balaban J connectivity index is 0. The number of ketones is 1. The molecule has 3 heteroatoms. The molecule has 0 spiro atoms. The normalized spacial score (nSPS) is 6.33. The Kier molecular flexibility index (Phi) is 9.98. The van der Waals surface area contributed by atoms with Crippen molar-refractivity contribution in [2.24, 2.45) is 0 Å². The van der Waals surface area contributed by atoms with Crippen molar-refractivity contribution in [3.05, 3.63) is 0 Å². The third-order valence-corrected chi connectivity index (χ3v) is 0.565. The fraction of sp³-hybridized carbons (Fsp3) is 0.667. The van der Waals surface area contributed by atoms with Gasteiger partial charge in [-0.3, -0.25) is 4.79 Å². The first-order valence-corrected chi connectivity index (χ1v) is 1.86. The summed E-state index contributed by atoms with van der Waals surface area (Å²) in [5, 5.41) is 0. The van der Waals surface area contributed by atoms with Crippen molar-refractivity contribution in [3.8, 4) is 0 Å². The van der Waals surface area contributed by atoms with Crippen LogP contribution in [0.3, 0.4) is 0 Å². The van der Waals surface area contributed by atoms with E-state index >= 15 is 0 Å². The fourth-order valence-electron chi connectivity index (χ4n) is 0. The van der Waals surface area contributed by atoms with E-state index in [0.717, 1.165) is 0 Å². The van der Waals surface area contributed by atoms with Crippen molar-refractivity contribution < 1.29 is 4.79 Å². The number of carbonyl (C=O) groups excluding carboxylic acids is 1. The Morgan fingerprint density at radius 1 is 1.83 bits per heavy atom. The molecule has 0 aliphatic heterocycles. The van der Waals surface area contributed by atoms with E-state index in [2.05, 4.69) is 0 Å². The van der Waals surface area contributed by atoms with Gasteiger partial charge in [-0.2, -0.15) is 0 Å². The first-order chi connectivity index (χ1) is 2.27. The molecule has 0 saturated heterocycles. The number of Topliss-reactive ketones (excluding diaryl/α,β-unsaturated/α-hetero) is 1. The van der Waals surface area contributed by atoms with Crippen LogP contribution >= 0.6 is 11.6 Å². The van der Waals surface area contributed by atoms with Crippen LogP contribution in [0.2, 0.25) is 0 Å². The first kappa shape index (κ1) is 10.0. The molecule has 0 aromatic rings. The summed E-state index contributed by atoms with van der Waals surface area (Å²) in [5.74, 6) is 0.159. The van der Waals surface area contributed by atoms with Gasteiger partial charge in [-0.15, -0.1) is 11.6 Å². The average molecular weight is 117 g/mol. The molecule has 1 nitrogen and oxygen atoms in total. The summed E-state index contributed by atoms with van der Waals surface area (Å²) in [4.78, 5) is 9.68. The third-order valence-electron chi connectivity index (χ3n) is 0.188. The molecule has 0 aromatic carbocycles. The summed E-state index contributed by atoms with van der Waals surface area (Å²) < 4.78 is 0. The van der Waals surface area contributed by atoms with Crippen molar-refractivity contribution >= 4 is 46.9 Å². The third kappa shape index (κ3) is 8.88. The molecule has 0 atom stereocenters. The van der Waals surface area contributed by atoms with E-state index in [1.54, 1.807) is 0 Å². The molecule has 0 aromatic heterocycles. The molecular formula is C3H6ClNaO. The molecule has 0 aliphatic rings. The van der Waals surface area contributed by atoms with Crippen LogP contribution in [0.4, 0.5) is 0 Å². The van der Waals surface area contributed by atoms with E-state index in [4.69, 9.17) is 11.6 Å². The van der Waals surface area contributed by atoms with E-state index in [1.807, 2.05) is 0 Å². The van der Waals surface area contributed by atoms with Crippen molar-refractivity contribution in [3.63, 3.8) is 0 Å². The quantitative estimate of drug-likeness (QED) is 0.353. The molecule has 32 valence electrons. The maximum absolute atomic E-state index is 9.68. The molecule has 0 bridgehead atoms. The molecule has 0 N–H and O–H groups in total. The Labute approximate surface area is 64.3 Å². The monoisotopic (exact) mass is 116 g/mol. The summed E-state index contributed by atoms with van der Waals surface area (Å²) >= 11 is 4.99.